The van der Waals surface area contributed by atoms with E-state index in [-0.39, 0.29) is 5.75 Å². The first-order chi connectivity index (χ1) is 9.69. The van der Waals surface area contributed by atoms with E-state index in [1.165, 1.54) is 5.56 Å². The Kier molecular flexibility index (Phi) is 5.02. The van der Waals surface area contributed by atoms with E-state index in [2.05, 4.69) is 5.32 Å². The molecule has 0 unspecified atom stereocenters. The van der Waals surface area contributed by atoms with Crippen LogP contribution in [0.4, 0.5) is 5.69 Å². The van der Waals surface area contributed by atoms with Crippen molar-refractivity contribution in [3.05, 3.63) is 58.6 Å². The number of nitrogens with one attached hydrogen (secondary N) is 2. The molecule has 0 fully saturated rings. The second-order valence-electron chi connectivity index (χ2n) is 4.57. The van der Waals surface area contributed by atoms with E-state index in [0.717, 1.165) is 36.3 Å². The van der Waals surface area contributed by atoms with Crippen molar-refractivity contribution in [1.29, 1.82) is 5.41 Å². The van der Waals surface area contributed by atoms with Crippen LogP contribution in [0.5, 0.6) is 5.75 Å². The van der Waals surface area contributed by atoms with E-state index >= 15 is 0 Å². The van der Waals surface area contributed by atoms with E-state index in [4.69, 9.17) is 17.0 Å². The zero-order valence-electron chi connectivity index (χ0n) is 11.1. The lowest BCUT2D eigenvalue weighted by molar-refractivity contribution is 0.474. The highest BCUT2D eigenvalue weighted by Crippen LogP contribution is 2.20. The maximum Gasteiger partial charge on any atom is 0.126 e. The van der Waals surface area contributed by atoms with Gasteiger partial charge in [-0.3, -0.25) is 0 Å². The largest absolute Gasteiger partial charge is 0.507 e. The van der Waals surface area contributed by atoms with Crippen LogP contribution >= 0.6 is 11.6 Å². The van der Waals surface area contributed by atoms with Crippen LogP contribution in [0.1, 0.15) is 17.5 Å². The molecule has 3 nitrogen and oxygen atoms in total. The van der Waals surface area contributed by atoms with Gasteiger partial charge in [0.05, 0.1) is 0 Å². The molecule has 3 N–H and O–H groups in total. The quantitative estimate of drug-likeness (QED) is 0.554. The van der Waals surface area contributed by atoms with Crippen molar-refractivity contribution in [1.82, 2.24) is 0 Å². The molecule has 104 valence electrons. The number of hydrogen-bond donors (Lipinski definition) is 3. The molecule has 0 saturated carbocycles. The van der Waals surface area contributed by atoms with Gasteiger partial charge < -0.3 is 15.8 Å². The zero-order chi connectivity index (χ0) is 14.4. The Morgan fingerprint density at radius 3 is 2.55 bits per heavy atom. The molecule has 0 aliphatic rings. The molecule has 2 rings (SSSR count). The second-order valence-corrected chi connectivity index (χ2v) is 5.01. The first-order valence-corrected chi connectivity index (χ1v) is 6.88. The van der Waals surface area contributed by atoms with Gasteiger partial charge in [-0.25, -0.2) is 0 Å². The number of anilines is 1. The Bertz CT molecular complexity index is 582. The van der Waals surface area contributed by atoms with Crippen molar-refractivity contribution in [2.45, 2.75) is 12.8 Å². The average molecular weight is 289 g/mol. The summed E-state index contributed by atoms with van der Waals surface area (Å²) >= 11 is 5.84. The number of aromatic hydroxyl groups is 1. The minimum Gasteiger partial charge on any atom is -0.507 e. The Morgan fingerprint density at radius 2 is 1.90 bits per heavy atom. The lowest BCUT2D eigenvalue weighted by Crippen LogP contribution is -2.03. The lowest BCUT2D eigenvalue weighted by atomic mass is 10.1. The first-order valence-electron chi connectivity index (χ1n) is 6.51. The van der Waals surface area contributed by atoms with Crippen LogP contribution in [0.2, 0.25) is 5.02 Å². The first kappa shape index (κ1) is 14.4. The van der Waals surface area contributed by atoms with Crippen LogP contribution < -0.4 is 5.32 Å². The summed E-state index contributed by atoms with van der Waals surface area (Å²) in [6, 6.07) is 13.1. The average Bonchev–Trinajstić information content (AvgIpc) is 2.46. The minimum atomic E-state index is 0.128. The Hall–Kier alpha value is -2.00. The molecule has 0 heterocycles. The van der Waals surface area contributed by atoms with Crippen LogP contribution in [-0.2, 0) is 6.42 Å². The summed E-state index contributed by atoms with van der Waals surface area (Å²) < 4.78 is 0. The van der Waals surface area contributed by atoms with Crippen molar-refractivity contribution in [2.75, 3.05) is 11.9 Å². The Balaban J connectivity index is 1.79. The number of rotatable bonds is 6. The highest BCUT2D eigenvalue weighted by atomic mass is 35.5. The van der Waals surface area contributed by atoms with Crippen molar-refractivity contribution in [3.8, 4) is 5.75 Å². The fourth-order valence-electron chi connectivity index (χ4n) is 1.95. The molecule has 2 aromatic carbocycles. The van der Waals surface area contributed by atoms with Crippen LogP contribution in [0, 0.1) is 5.41 Å². The van der Waals surface area contributed by atoms with E-state index in [1.807, 2.05) is 30.3 Å². The maximum absolute atomic E-state index is 9.65. The van der Waals surface area contributed by atoms with E-state index < -0.39 is 0 Å². The van der Waals surface area contributed by atoms with Crippen LogP contribution in [0.15, 0.2) is 42.5 Å². The SMILES string of the molecule is N=Cc1ccc(NCCCc2ccc(Cl)cc2)cc1O. The fourth-order valence-corrected chi connectivity index (χ4v) is 2.08. The van der Waals surface area contributed by atoms with Gasteiger partial charge in [0.2, 0.25) is 0 Å². The highest BCUT2D eigenvalue weighted by molar-refractivity contribution is 6.30. The standard InChI is InChI=1S/C16H17ClN2O/c17-14-6-3-12(4-7-14)2-1-9-19-15-8-5-13(11-18)16(20)10-15/h3-8,10-11,18-20H,1-2,9H2. The van der Waals surface area contributed by atoms with Crippen LogP contribution in [0.3, 0.4) is 0 Å². The van der Waals surface area contributed by atoms with Gasteiger partial charge in [-0.2, -0.15) is 0 Å². The molecule has 0 radical (unpaired) electrons. The molecular formula is C16H17ClN2O. The Labute approximate surface area is 123 Å². The van der Waals surface area contributed by atoms with Gasteiger partial charge in [-0.05, 0) is 42.7 Å². The van der Waals surface area contributed by atoms with Gasteiger partial charge in [0.25, 0.3) is 0 Å². The van der Waals surface area contributed by atoms with Crippen molar-refractivity contribution in [3.63, 3.8) is 0 Å². The van der Waals surface area contributed by atoms with Gasteiger partial charge in [-0.1, -0.05) is 23.7 Å². The monoisotopic (exact) mass is 288 g/mol. The molecule has 0 aliphatic carbocycles. The van der Waals surface area contributed by atoms with E-state index in [9.17, 15) is 5.11 Å². The fraction of sp³-hybridized carbons (Fsp3) is 0.188. The lowest BCUT2D eigenvalue weighted by Gasteiger charge is -2.08. The predicted molar refractivity (Wildman–Crippen MR) is 84.3 cm³/mol. The number of phenolic OH excluding ortho intramolecular Hbond substituents is 1. The molecule has 0 saturated heterocycles. The van der Waals surface area contributed by atoms with Crippen LogP contribution in [-0.4, -0.2) is 17.9 Å². The third kappa shape index (κ3) is 4.00. The van der Waals surface area contributed by atoms with Crippen molar-refractivity contribution < 1.29 is 5.11 Å². The van der Waals surface area contributed by atoms with Gasteiger partial charge in [0.15, 0.2) is 0 Å². The second kappa shape index (κ2) is 6.96. The van der Waals surface area contributed by atoms with Crippen molar-refractivity contribution >= 4 is 23.5 Å². The molecule has 0 spiro atoms. The normalized spacial score (nSPS) is 10.2. The summed E-state index contributed by atoms with van der Waals surface area (Å²) in [7, 11) is 0. The molecule has 0 bridgehead atoms. The molecule has 0 atom stereocenters. The molecule has 20 heavy (non-hydrogen) atoms. The van der Waals surface area contributed by atoms with Gasteiger partial charge >= 0.3 is 0 Å². The third-order valence-corrected chi connectivity index (χ3v) is 3.32. The molecule has 0 aliphatic heterocycles. The highest BCUT2D eigenvalue weighted by Gasteiger charge is 2.00. The van der Waals surface area contributed by atoms with Gasteiger partial charge in [0.1, 0.15) is 5.75 Å². The smallest absolute Gasteiger partial charge is 0.126 e. The predicted octanol–water partition coefficient (Wildman–Crippen LogP) is 4.09. The van der Waals surface area contributed by atoms with E-state index in [1.54, 1.807) is 12.1 Å². The number of hydrogen-bond acceptors (Lipinski definition) is 3. The molecule has 0 amide bonds. The minimum absolute atomic E-state index is 0.128. The Morgan fingerprint density at radius 1 is 1.15 bits per heavy atom. The summed E-state index contributed by atoms with van der Waals surface area (Å²) in [5.74, 6) is 0.128. The maximum atomic E-state index is 9.65. The summed E-state index contributed by atoms with van der Waals surface area (Å²) in [6.07, 6.45) is 3.11. The molecule has 2 aromatic rings. The molecule has 0 aromatic heterocycles. The summed E-state index contributed by atoms with van der Waals surface area (Å²) in [5, 5.41) is 20.8. The summed E-state index contributed by atoms with van der Waals surface area (Å²) in [5.41, 5.74) is 2.65. The number of aryl methyl sites for hydroxylation is 1. The third-order valence-electron chi connectivity index (χ3n) is 3.07. The molecule has 4 heteroatoms. The molecular weight excluding hydrogens is 272 g/mol. The van der Waals surface area contributed by atoms with Gasteiger partial charge in [0, 0.05) is 35.1 Å². The van der Waals surface area contributed by atoms with E-state index in [0.29, 0.717) is 5.56 Å². The van der Waals surface area contributed by atoms with Crippen molar-refractivity contribution in [2.24, 2.45) is 0 Å². The topological polar surface area (TPSA) is 56.1 Å². The number of phenols is 1. The number of halogens is 1. The summed E-state index contributed by atoms with van der Waals surface area (Å²) in [4.78, 5) is 0. The zero-order valence-corrected chi connectivity index (χ0v) is 11.8. The summed E-state index contributed by atoms with van der Waals surface area (Å²) in [6.45, 7) is 0.825. The number of benzene rings is 2. The van der Waals surface area contributed by atoms with Gasteiger partial charge in [-0.15, -0.1) is 0 Å². The van der Waals surface area contributed by atoms with Crippen LogP contribution in [0.25, 0.3) is 0 Å².